The molecule has 1 fully saturated rings. The molecule has 1 saturated heterocycles. The molecule has 3 nitrogen and oxygen atoms in total. The molecule has 110 valence electrons. The van der Waals surface area contributed by atoms with E-state index >= 15 is 0 Å². The van der Waals surface area contributed by atoms with Crippen molar-refractivity contribution in [3.05, 3.63) is 0 Å². The highest BCUT2D eigenvalue weighted by atomic mass is 16.1. The molecule has 0 unspecified atom stereocenters. The Balaban J connectivity index is 0. The molecule has 1 N–H and O–H groups in total. The topological polar surface area (TPSA) is 32.3 Å². The van der Waals surface area contributed by atoms with Crippen LogP contribution in [-0.2, 0) is 4.79 Å². The fourth-order valence-corrected chi connectivity index (χ4v) is 1.61. The maximum atomic E-state index is 11.1. The van der Waals surface area contributed by atoms with E-state index in [1.807, 2.05) is 20.8 Å². The molecule has 1 aliphatic heterocycles. The van der Waals surface area contributed by atoms with Crippen LogP contribution in [0.1, 0.15) is 55.3 Å². The van der Waals surface area contributed by atoms with Crippen molar-refractivity contribution in [1.82, 2.24) is 10.2 Å². The van der Waals surface area contributed by atoms with Gasteiger partial charge in [0.1, 0.15) is 0 Å². The Bertz CT molecular complexity index is 226. The van der Waals surface area contributed by atoms with E-state index in [4.69, 9.17) is 0 Å². The van der Waals surface area contributed by atoms with E-state index in [1.165, 1.54) is 32.4 Å². The molecule has 0 aromatic rings. The van der Waals surface area contributed by atoms with Crippen molar-refractivity contribution in [2.24, 2.45) is 11.8 Å². The Morgan fingerprint density at radius 2 is 1.56 bits per heavy atom. The van der Waals surface area contributed by atoms with Gasteiger partial charge < -0.3 is 10.2 Å². The van der Waals surface area contributed by atoms with Crippen LogP contribution in [0.2, 0.25) is 0 Å². The monoisotopic (exact) mass is 258 g/mol. The number of nitrogens with zero attached hydrogens (tertiary/aromatic N) is 1. The number of hydrogen-bond acceptors (Lipinski definition) is 2. The summed E-state index contributed by atoms with van der Waals surface area (Å²) >= 11 is 0. The third kappa shape index (κ3) is 8.51. The van der Waals surface area contributed by atoms with Crippen LogP contribution in [0.3, 0.4) is 0 Å². The lowest BCUT2D eigenvalue weighted by Gasteiger charge is -2.20. The smallest absolute Gasteiger partial charge is 0.222 e. The highest BCUT2D eigenvalue weighted by Gasteiger charge is 2.12. The largest absolute Gasteiger partial charge is 0.353 e. The summed E-state index contributed by atoms with van der Waals surface area (Å²) in [6.07, 6.45) is 4.28. The lowest BCUT2D eigenvalue weighted by molar-refractivity contribution is -0.124. The van der Waals surface area contributed by atoms with E-state index < -0.39 is 0 Å². The molecule has 1 atom stereocenters. The van der Waals surface area contributed by atoms with Crippen LogP contribution >= 0.6 is 0 Å². The quantitative estimate of drug-likeness (QED) is 0.843. The highest BCUT2D eigenvalue weighted by Crippen LogP contribution is 2.04. The lowest BCUT2D eigenvalue weighted by Crippen LogP contribution is -2.38. The fraction of sp³-hybridized carbons (Fsp3) is 0.933. The summed E-state index contributed by atoms with van der Waals surface area (Å²) in [4.78, 5) is 13.5. The second-order valence-corrected chi connectivity index (χ2v) is 6.06. The molecule has 0 spiro atoms. The van der Waals surface area contributed by atoms with Gasteiger partial charge in [0.25, 0.3) is 0 Å². The van der Waals surface area contributed by atoms with Crippen molar-refractivity contribution in [2.45, 2.75) is 59.9 Å². The minimum Gasteiger partial charge on any atom is -0.353 e. The lowest BCUT2D eigenvalue weighted by atomic mass is 10.1. The molecule has 1 heterocycles. The van der Waals surface area contributed by atoms with E-state index in [0.29, 0.717) is 5.92 Å². The van der Waals surface area contributed by atoms with Gasteiger partial charge in [0.15, 0.2) is 0 Å². The van der Waals surface area contributed by atoms with Gasteiger partial charge in [0, 0.05) is 13.4 Å². The summed E-state index contributed by atoms with van der Waals surface area (Å²) in [7, 11) is 2.19. The zero-order valence-electron chi connectivity index (χ0n) is 13.1. The summed E-state index contributed by atoms with van der Waals surface area (Å²) < 4.78 is 0. The predicted octanol–water partition coefficient (Wildman–Crippen LogP) is 3.15. The molecule has 1 aliphatic rings. The first-order valence-corrected chi connectivity index (χ1v) is 7.33. The van der Waals surface area contributed by atoms with Crippen molar-refractivity contribution < 1.29 is 6.22 Å². The average Bonchev–Trinajstić information content (AvgIpc) is 2.30. The molecular weight excluding hydrogens is 224 g/mol. The zero-order valence-corrected chi connectivity index (χ0v) is 13.1. The third-order valence-corrected chi connectivity index (χ3v) is 3.47. The molecule has 18 heavy (non-hydrogen) atoms. The second-order valence-electron chi connectivity index (χ2n) is 6.06. The number of likely N-dealkylation sites (tertiary alicyclic amines) is 1. The van der Waals surface area contributed by atoms with E-state index in [-0.39, 0.29) is 19.3 Å². The van der Waals surface area contributed by atoms with Crippen molar-refractivity contribution >= 4 is 5.91 Å². The minimum absolute atomic E-state index is 0. The molecule has 1 rings (SSSR count). The Hall–Kier alpha value is -0.570. The molecule has 1 amide bonds. The van der Waals surface area contributed by atoms with Crippen LogP contribution in [-0.4, -0.2) is 37.0 Å². The van der Waals surface area contributed by atoms with Gasteiger partial charge in [0.05, 0.1) is 0 Å². The highest BCUT2D eigenvalue weighted by molar-refractivity contribution is 5.78. The summed E-state index contributed by atoms with van der Waals surface area (Å²) in [6.45, 7) is 12.7. The fourth-order valence-electron chi connectivity index (χ4n) is 1.61. The van der Waals surface area contributed by atoms with Crippen LogP contribution in [0.5, 0.6) is 0 Å². The normalized spacial score (nSPS) is 18.2. The Morgan fingerprint density at radius 3 is 1.83 bits per heavy atom. The summed E-state index contributed by atoms with van der Waals surface area (Å²) in [6, 6.07) is 0.282. The van der Waals surface area contributed by atoms with Gasteiger partial charge in [-0.25, -0.2) is 0 Å². The summed E-state index contributed by atoms with van der Waals surface area (Å²) in [5.41, 5.74) is 0. The average molecular weight is 258 g/mol. The van der Waals surface area contributed by atoms with Crippen molar-refractivity contribution in [3.63, 3.8) is 0 Å². The first-order chi connectivity index (χ1) is 8.34. The van der Waals surface area contributed by atoms with Crippen LogP contribution in [0.15, 0.2) is 0 Å². The van der Waals surface area contributed by atoms with Gasteiger partial charge in [-0.3, -0.25) is 4.79 Å². The molecule has 0 aromatic carbocycles. The molecular formula is C15H34N2O. The third-order valence-electron chi connectivity index (χ3n) is 3.47. The molecule has 3 heteroatoms. The number of carbonyl (C=O) groups excluding carboxylic acids is 1. The minimum atomic E-state index is 0. The standard InChI is InChI=1S/C9H19NO.C6H13N.H2/c1-6(2)8(5)10-9(11)7(3)4;1-7-5-3-2-4-6-7;/h6-8H,1-5H3,(H,10,11);2-6H2,1H3;1H/t8-;;/m0../s1. The number of hydrogen-bond donors (Lipinski definition) is 1. The van der Waals surface area contributed by atoms with E-state index in [2.05, 4.69) is 31.1 Å². The Morgan fingerprint density at radius 1 is 1.06 bits per heavy atom. The summed E-state index contributed by atoms with van der Waals surface area (Å²) in [5, 5.41) is 2.94. The van der Waals surface area contributed by atoms with E-state index in [1.54, 1.807) is 0 Å². The maximum absolute atomic E-state index is 11.1. The predicted molar refractivity (Wildman–Crippen MR) is 80.7 cm³/mol. The van der Waals surface area contributed by atoms with E-state index in [9.17, 15) is 4.79 Å². The SMILES string of the molecule is CC(C)C(=O)N[C@@H](C)C(C)C.CN1CCCCC1.[HH]. The first-order valence-electron chi connectivity index (χ1n) is 7.33. The van der Waals surface area contributed by atoms with Crippen LogP contribution in [0, 0.1) is 11.8 Å². The van der Waals surface area contributed by atoms with E-state index in [0.717, 1.165) is 0 Å². The Labute approximate surface area is 115 Å². The molecule has 0 aliphatic carbocycles. The maximum Gasteiger partial charge on any atom is 0.222 e. The molecule has 0 radical (unpaired) electrons. The molecule has 0 bridgehead atoms. The second kappa shape index (κ2) is 9.37. The van der Waals surface area contributed by atoms with Gasteiger partial charge in [-0.1, -0.05) is 34.1 Å². The van der Waals surface area contributed by atoms with Crippen LogP contribution < -0.4 is 5.32 Å². The van der Waals surface area contributed by atoms with Crippen LogP contribution in [0.4, 0.5) is 0 Å². The van der Waals surface area contributed by atoms with Gasteiger partial charge in [-0.05, 0) is 45.8 Å². The van der Waals surface area contributed by atoms with Gasteiger partial charge in [-0.2, -0.15) is 0 Å². The van der Waals surface area contributed by atoms with Gasteiger partial charge in [0.2, 0.25) is 5.91 Å². The molecule has 0 saturated carbocycles. The molecule has 0 aromatic heterocycles. The number of piperidine rings is 1. The van der Waals surface area contributed by atoms with Gasteiger partial charge in [-0.15, -0.1) is 0 Å². The van der Waals surface area contributed by atoms with Crippen LogP contribution in [0.25, 0.3) is 0 Å². The number of nitrogens with one attached hydrogen (secondary N) is 1. The number of rotatable bonds is 3. The zero-order chi connectivity index (χ0) is 14.1. The van der Waals surface area contributed by atoms with Gasteiger partial charge >= 0.3 is 0 Å². The van der Waals surface area contributed by atoms with Crippen molar-refractivity contribution in [1.29, 1.82) is 0 Å². The number of carbonyl (C=O) groups is 1. The number of amides is 1. The Kier molecular flexibility index (Phi) is 9.08. The van der Waals surface area contributed by atoms with Crippen molar-refractivity contribution in [2.75, 3.05) is 20.1 Å². The van der Waals surface area contributed by atoms with Crippen molar-refractivity contribution in [3.8, 4) is 0 Å². The first kappa shape index (κ1) is 17.4. The summed E-state index contributed by atoms with van der Waals surface area (Å²) in [5.74, 6) is 0.750.